The van der Waals surface area contributed by atoms with E-state index in [2.05, 4.69) is 20.6 Å². The molecular weight excluding hydrogens is 280 g/mol. The van der Waals surface area contributed by atoms with Gasteiger partial charge in [0.05, 0.1) is 11.9 Å². The molecule has 0 aliphatic heterocycles. The minimum atomic E-state index is -0.283. The Morgan fingerprint density at radius 1 is 1.23 bits per heavy atom. The van der Waals surface area contributed by atoms with Gasteiger partial charge < -0.3 is 10.6 Å². The normalized spacial score (nSPS) is 11.5. The van der Waals surface area contributed by atoms with Crippen LogP contribution in [-0.4, -0.2) is 21.8 Å². The van der Waals surface area contributed by atoms with E-state index in [-0.39, 0.29) is 17.7 Å². The molecule has 6 heteroatoms. The van der Waals surface area contributed by atoms with E-state index in [1.54, 1.807) is 36.7 Å². The third-order valence-corrected chi connectivity index (χ3v) is 3.25. The van der Waals surface area contributed by atoms with E-state index in [0.29, 0.717) is 17.1 Å². The zero-order valence-corrected chi connectivity index (χ0v) is 12.5. The lowest BCUT2D eigenvalue weighted by Crippen LogP contribution is -2.21. The Bertz CT molecular complexity index is 658. The van der Waals surface area contributed by atoms with Crippen molar-refractivity contribution in [2.24, 2.45) is 5.92 Å². The number of anilines is 2. The summed E-state index contributed by atoms with van der Waals surface area (Å²) in [5.74, 6) is -0.131. The van der Waals surface area contributed by atoms with E-state index in [1.165, 1.54) is 6.20 Å². The predicted molar refractivity (Wildman–Crippen MR) is 84.5 cm³/mol. The summed E-state index contributed by atoms with van der Waals surface area (Å²) >= 11 is 0. The third kappa shape index (κ3) is 4.12. The summed E-state index contributed by atoms with van der Waals surface area (Å²) in [5, 5.41) is 5.44. The van der Waals surface area contributed by atoms with Gasteiger partial charge in [0, 0.05) is 23.9 Å². The highest BCUT2D eigenvalue weighted by Crippen LogP contribution is 2.12. The van der Waals surface area contributed by atoms with E-state index >= 15 is 0 Å². The number of amides is 2. The van der Waals surface area contributed by atoms with Gasteiger partial charge in [0.25, 0.3) is 5.91 Å². The molecule has 2 N–H and O–H groups in total. The van der Waals surface area contributed by atoms with Crippen molar-refractivity contribution in [3.05, 3.63) is 48.4 Å². The summed E-state index contributed by atoms with van der Waals surface area (Å²) in [4.78, 5) is 32.0. The molecule has 2 rings (SSSR count). The van der Waals surface area contributed by atoms with Gasteiger partial charge in [-0.05, 0) is 30.7 Å². The SMILES string of the molecule is CCC(C)C(=O)Nc1cc(C(=O)Nc2cccnc2)ccn1. The van der Waals surface area contributed by atoms with Crippen molar-refractivity contribution in [2.45, 2.75) is 20.3 Å². The van der Waals surface area contributed by atoms with Crippen LogP contribution in [0.1, 0.15) is 30.6 Å². The lowest BCUT2D eigenvalue weighted by molar-refractivity contribution is -0.119. The number of nitrogens with zero attached hydrogens (tertiary/aromatic N) is 2. The summed E-state index contributed by atoms with van der Waals surface area (Å²) in [6.45, 7) is 3.78. The Kier molecular flexibility index (Phi) is 5.19. The molecule has 6 nitrogen and oxygen atoms in total. The summed E-state index contributed by atoms with van der Waals surface area (Å²) < 4.78 is 0. The molecule has 114 valence electrons. The van der Waals surface area contributed by atoms with Crippen molar-refractivity contribution in [1.29, 1.82) is 0 Å². The van der Waals surface area contributed by atoms with Gasteiger partial charge in [0.1, 0.15) is 5.82 Å². The first-order valence-electron chi connectivity index (χ1n) is 7.08. The molecule has 1 unspecified atom stereocenters. The molecular formula is C16H18N4O2. The summed E-state index contributed by atoms with van der Waals surface area (Å²) in [7, 11) is 0. The van der Waals surface area contributed by atoms with Gasteiger partial charge in [-0.25, -0.2) is 4.98 Å². The lowest BCUT2D eigenvalue weighted by Gasteiger charge is -2.10. The number of nitrogens with one attached hydrogen (secondary N) is 2. The first kappa shape index (κ1) is 15.6. The first-order valence-corrected chi connectivity index (χ1v) is 7.08. The van der Waals surface area contributed by atoms with Crippen LogP contribution in [0, 0.1) is 5.92 Å². The molecule has 0 bridgehead atoms. The van der Waals surface area contributed by atoms with Crippen LogP contribution in [0.3, 0.4) is 0 Å². The fourth-order valence-electron chi connectivity index (χ4n) is 1.71. The number of aromatic nitrogens is 2. The van der Waals surface area contributed by atoms with Crippen LogP contribution < -0.4 is 10.6 Å². The maximum Gasteiger partial charge on any atom is 0.255 e. The molecule has 22 heavy (non-hydrogen) atoms. The van der Waals surface area contributed by atoms with Crippen molar-refractivity contribution in [1.82, 2.24) is 9.97 Å². The van der Waals surface area contributed by atoms with Crippen LogP contribution in [0.4, 0.5) is 11.5 Å². The molecule has 0 saturated carbocycles. The maximum atomic E-state index is 12.2. The number of hydrogen-bond donors (Lipinski definition) is 2. The number of carbonyl (C=O) groups excluding carboxylic acids is 2. The summed E-state index contributed by atoms with van der Waals surface area (Å²) in [6.07, 6.45) is 5.42. The quantitative estimate of drug-likeness (QED) is 0.889. The molecule has 0 saturated heterocycles. The smallest absolute Gasteiger partial charge is 0.255 e. The monoisotopic (exact) mass is 298 g/mol. The molecule has 2 aromatic rings. The van der Waals surface area contributed by atoms with Gasteiger partial charge in [0.2, 0.25) is 5.91 Å². The molecule has 2 heterocycles. The molecule has 0 fully saturated rings. The molecule has 0 aliphatic rings. The molecule has 0 spiro atoms. The second-order valence-corrected chi connectivity index (χ2v) is 4.92. The Balaban J connectivity index is 2.08. The minimum absolute atomic E-state index is 0.102. The largest absolute Gasteiger partial charge is 0.321 e. The first-order chi connectivity index (χ1) is 10.6. The van der Waals surface area contributed by atoms with Gasteiger partial charge in [-0.2, -0.15) is 0 Å². The Hall–Kier alpha value is -2.76. The number of hydrogen-bond acceptors (Lipinski definition) is 4. The number of rotatable bonds is 5. The molecule has 1 atom stereocenters. The highest BCUT2D eigenvalue weighted by atomic mass is 16.2. The van der Waals surface area contributed by atoms with Crippen molar-refractivity contribution >= 4 is 23.3 Å². The fourth-order valence-corrected chi connectivity index (χ4v) is 1.71. The fraction of sp³-hybridized carbons (Fsp3) is 0.250. The Morgan fingerprint density at radius 3 is 2.73 bits per heavy atom. The van der Waals surface area contributed by atoms with Crippen molar-refractivity contribution in [3.63, 3.8) is 0 Å². The Morgan fingerprint density at radius 2 is 2.05 bits per heavy atom. The van der Waals surface area contributed by atoms with E-state index in [1.807, 2.05) is 13.8 Å². The van der Waals surface area contributed by atoms with E-state index < -0.39 is 0 Å². The van der Waals surface area contributed by atoms with Gasteiger partial charge in [-0.15, -0.1) is 0 Å². The zero-order chi connectivity index (χ0) is 15.9. The molecule has 0 aromatic carbocycles. The second-order valence-electron chi connectivity index (χ2n) is 4.92. The van der Waals surface area contributed by atoms with Gasteiger partial charge in [-0.3, -0.25) is 14.6 Å². The predicted octanol–water partition coefficient (Wildman–Crippen LogP) is 2.71. The summed E-state index contributed by atoms with van der Waals surface area (Å²) in [5.41, 5.74) is 1.02. The molecule has 2 aromatic heterocycles. The highest BCUT2D eigenvalue weighted by molar-refractivity contribution is 6.05. The standard InChI is InChI=1S/C16H18N4O2/c1-3-11(2)15(21)20-14-9-12(6-8-18-14)16(22)19-13-5-4-7-17-10-13/h4-11H,3H2,1-2H3,(H,19,22)(H,18,20,21). The molecule has 2 amide bonds. The van der Waals surface area contributed by atoms with Gasteiger partial charge >= 0.3 is 0 Å². The topological polar surface area (TPSA) is 84.0 Å². The average Bonchev–Trinajstić information content (AvgIpc) is 2.55. The van der Waals surface area contributed by atoms with Crippen LogP contribution in [0.25, 0.3) is 0 Å². The molecule has 0 radical (unpaired) electrons. The van der Waals surface area contributed by atoms with Gasteiger partial charge in [0.15, 0.2) is 0 Å². The van der Waals surface area contributed by atoms with Crippen LogP contribution in [-0.2, 0) is 4.79 Å². The highest BCUT2D eigenvalue weighted by Gasteiger charge is 2.13. The van der Waals surface area contributed by atoms with E-state index in [4.69, 9.17) is 0 Å². The van der Waals surface area contributed by atoms with Crippen LogP contribution in [0.2, 0.25) is 0 Å². The Labute approximate surface area is 129 Å². The summed E-state index contributed by atoms with van der Waals surface area (Å²) in [6, 6.07) is 6.62. The van der Waals surface area contributed by atoms with E-state index in [0.717, 1.165) is 6.42 Å². The van der Waals surface area contributed by atoms with Crippen LogP contribution in [0.5, 0.6) is 0 Å². The molecule has 0 aliphatic carbocycles. The zero-order valence-electron chi connectivity index (χ0n) is 12.5. The van der Waals surface area contributed by atoms with Crippen molar-refractivity contribution < 1.29 is 9.59 Å². The lowest BCUT2D eigenvalue weighted by atomic mass is 10.1. The second kappa shape index (κ2) is 7.31. The van der Waals surface area contributed by atoms with Crippen molar-refractivity contribution in [2.75, 3.05) is 10.6 Å². The van der Waals surface area contributed by atoms with Crippen LogP contribution >= 0.6 is 0 Å². The number of pyridine rings is 2. The third-order valence-electron chi connectivity index (χ3n) is 3.25. The van der Waals surface area contributed by atoms with E-state index in [9.17, 15) is 9.59 Å². The van der Waals surface area contributed by atoms with Crippen molar-refractivity contribution in [3.8, 4) is 0 Å². The number of carbonyl (C=O) groups is 2. The van der Waals surface area contributed by atoms with Gasteiger partial charge in [-0.1, -0.05) is 13.8 Å². The maximum absolute atomic E-state index is 12.2. The minimum Gasteiger partial charge on any atom is -0.321 e. The van der Waals surface area contributed by atoms with Crippen LogP contribution in [0.15, 0.2) is 42.9 Å². The average molecular weight is 298 g/mol.